The van der Waals surface area contributed by atoms with E-state index in [9.17, 15) is 19.5 Å². The molecule has 42 heavy (non-hydrogen) atoms. The number of benzene rings is 2. The Hall–Kier alpha value is -3.55. The second kappa shape index (κ2) is 16.8. The van der Waals surface area contributed by atoms with Crippen molar-refractivity contribution in [2.75, 3.05) is 6.54 Å². The third-order valence-corrected chi connectivity index (χ3v) is 6.87. The van der Waals surface area contributed by atoms with Crippen LogP contribution in [0.2, 0.25) is 0 Å². The first-order chi connectivity index (χ1) is 19.8. The zero-order valence-electron chi connectivity index (χ0n) is 26.5. The van der Waals surface area contributed by atoms with Crippen molar-refractivity contribution >= 4 is 17.9 Å². The fraction of sp³-hybridized carbons (Fsp3) is 0.559. The number of ether oxygens (including phenoxy) is 1. The standard InChI is InChI=1S/C34H51N3O5/c1-8-9-10-11-12-15-22-37(30(31(39)35-24(2)3)28-17-14-13-16-25(28)4)32(40)29(36-33(41)42-34(5,6)7)23-26-18-20-27(38)21-19-26/h13-14,16-21,24,29-30,38H,8-12,15,22-23H2,1-7H3,(H,35,39)(H,36,41). The molecule has 0 aromatic heterocycles. The zero-order chi connectivity index (χ0) is 31.3. The molecule has 3 N–H and O–H groups in total. The van der Waals surface area contributed by atoms with E-state index in [1.54, 1.807) is 49.9 Å². The maximum atomic E-state index is 14.5. The summed E-state index contributed by atoms with van der Waals surface area (Å²) < 4.78 is 5.52. The summed E-state index contributed by atoms with van der Waals surface area (Å²) in [4.78, 5) is 42.9. The number of alkyl carbamates (subject to hydrolysis) is 1. The summed E-state index contributed by atoms with van der Waals surface area (Å²) in [5, 5.41) is 15.6. The van der Waals surface area contributed by atoms with Crippen LogP contribution in [0.3, 0.4) is 0 Å². The second-order valence-corrected chi connectivity index (χ2v) is 12.3. The number of rotatable bonds is 15. The van der Waals surface area contributed by atoms with Crippen molar-refractivity contribution in [2.24, 2.45) is 0 Å². The Morgan fingerprint density at radius 2 is 1.52 bits per heavy atom. The number of aromatic hydroxyl groups is 1. The molecule has 0 saturated carbocycles. The topological polar surface area (TPSA) is 108 Å². The van der Waals surface area contributed by atoms with Gasteiger partial charge in [0.2, 0.25) is 11.8 Å². The lowest BCUT2D eigenvalue weighted by Gasteiger charge is -2.35. The largest absolute Gasteiger partial charge is 0.508 e. The fourth-order valence-corrected chi connectivity index (χ4v) is 4.85. The average molecular weight is 582 g/mol. The SMILES string of the molecule is CCCCCCCCN(C(=O)C(Cc1ccc(O)cc1)NC(=O)OC(C)(C)C)C(C(=O)NC(C)C)c1ccccc1C. The predicted molar refractivity (Wildman–Crippen MR) is 167 cm³/mol. The van der Waals surface area contributed by atoms with Gasteiger partial charge in [0.05, 0.1) is 0 Å². The van der Waals surface area contributed by atoms with E-state index in [-0.39, 0.29) is 30.0 Å². The minimum Gasteiger partial charge on any atom is -0.508 e. The van der Waals surface area contributed by atoms with Gasteiger partial charge in [0.1, 0.15) is 23.4 Å². The highest BCUT2D eigenvalue weighted by atomic mass is 16.6. The molecular weight excluding hydrogens is 530 g/mol. The molecule has 2 rings (SSSR count). The first-order valence-corrected chi connectivity index (χ1v) is 15.3. The highest BCUT2D eigenvalue weighted by molar-refractivity contribution is 5.92. The van der Waals surface area contributed by atoms with Gasteiger partial charge in [-0.1, -0.05) is 75.4 Å². The Balaban J connectivity index is 2.53. The average Bonchev–Trinajstić information content (AvgIpc) is 2.89. The van der Waals surface area contributed by atoms with Crippen LogP contribution in [0.1, 0.15) is 103 Å². The lowest BCUT2D eigenvalue weighted by atomic mass is 9.96. The van der Waals surface area contributed by atoms with Crippen LogP contribution in [-0.4, -0.2) is 52.1 Å². The van der Waals surface area contributed by atoms with Crippen molar-refractivity contribution in [3.8, 4) is 5.75 Å². The summed E-state index contributed by atoms with van der Waals surface area (Å²) in [5.41, 5.74) is 1.64. The quantitative estimate of drug-likeness (QED) is 0.206. The van der Waals surface area contributed by atoms with Gasteiger partial charge in [-0.2, -0.15) is 0 Å². The second-order valence-electron chi connectivity index (χ2n) is 12.3. The van der Waals surface area contributed by atoms with E-state index in [4.69, 9.17) is 4.74 Å². The van der Waals surface area contributed by atoms with E-state index in [1.165, 1.54) is 6.42 Å². The third kappa shape index (κ3) is 11.7. The molecule has 2 unspecified atom stereocenters. The van der Waals surface area contributed by atoms with Gasteiger partial charge in [-0.15, -0.1) is 0 Å². The number of hydrogen-bond acceptors (Lipinski definition) is 5. The van der Waals surface area contributed by atoms with Gasteiger partial charge in [0, 0.05) is 19.0 Å². The Labute approximate surface area is 252 Å². The van der Waals surface area contributed by atoms with Crippen LogP contribution < -0.4 is 10.6 Å². The number of nitrogens with one attached hydrogen (secondary N) is 2. The Morgan fingerprint density at radius 3 is 2.12 bits per heavy atom. The van der Waals surface area contributed by atoms with Crippen molar-refractivity contribution in [3.05, 3.63) is 65.2 Å². The van der Waals surface area contributed by atoms with Gasteiger partial charge in [-0.3, -0.25) is 9.59 Å². The van der Waals surface area contributed by atoms with E-state index in [1.807, 2.05) is 45.0 Å². The molecule has 0 spiro atoms. The number of nitrogens with zero attached hydrogens (tertiary/aromatic N) is 1. The monoisotopic (exact) mass is 581 g/mol. The van der Waals surface area contributed by atoms with E-state index in [0.29, 0.717) is 6.54 Å². The van der Waals surface area contributed by atoms with Crippen LogP contribution in [-0.2, 0) is 20.7 Å². The molecule has 0 aliphatic carbocycles. The summed E-state index contributed by atoms with van der Waals surface area (Å²) in [6.45, 7) is 13.5. The molecule has 0 fully saturated rings. The summed E-state index contributed by atoms with van der Waals surface area (Å²) in [6.07, 6.45) is 5.60. The predicted octanol–water partition coefficient (Wildman–Crippen LogP) is 6.59. The van der Waals surface area contributed by atoms with Gasteiger partial charge in [0.25, 0.3) is 0 Å². The molecule has 2 aromatic rings. The van der Waals surface area contributed by atoms with Gasteiger partial charge in [-0.25, -0.2) is 4.79 Å². The number of phenolic OH excluding ortho intramolecular Hbond substituents is 1. The van der Waals surface area contributed by atoms with Crippen LogP contribution in [0.4, 0.5) is 4.79 Å². The molecule has 0 aliphatic heterocycles. The van der Waals surface area contributed by atoms with Crippen molar-refractivity contribution in [2.45, 2.75) is 117 Å². The maximum absolute atomic E-state index is 14.5. The molecule has 2 atom stereocenters. The highest BCUT2D eigenvalue weighted by Crippen LogP contribution is 2.27. The summed E-state index contributed by atoms with van der Waals surface area (Å²) >= 11 is 0. The molecule has 232 valence electrons. The number of unbranched alkanes of at least 4 members (excludes halogenated alkanes) is 5. The summed E-state index contributed by atoms with van der Waals surface area (Å²) in [6, 6.07) is 12.1. The molecule has 8 nitrogen and oxygen atoms in total. The van der Waals surface area contributed by atoms with E-state index >= 15 is 0 Å². The van der Waals surface area contributed by atoms with Crippen LogP contribution in [0.5, 0.6) is 5.75 Å². The van der Waals surface area contributed by atoms with E-state index < -0.39 is 23.8 Å². The van der Waals surface area contributed by atoms with Crippen LogP contribution in [0, 0.1) is 6.92 Å². The number of carbonyl (C=O) groups excluding carboxylic acids is 3. The highest BCUT2D eigenvalue weighted by Gasteiger charge is 2.37. The number of carbonyl (C=O) groups is 3. The Morgan fingerprint density at radius 1 is 0.905 bits per heavy atom. The first-order valence-electron chi connectivity index (χ1n) is 15.3. The van der Waals surface area contributed by atoms with Gasteiger partial charge >= 0.3 is 6.09 Å². The molecule has 0 aliphatic rings. The van der Waals surface area contributed by atoms with Gasteiger partial charge < -0.3 is 25.4 Å². The van der Waals surface area contributed by atoms with E-state index in [0.717, 1.165) is 48.8 Å². The van der Waals surface area contributed by atoms with E-state index in [2.05, 4.69) is 17.6 Å². The number of aryl methyl sites for hydroxylation is 1. The molecule has 3 amide bonds. The minimum atomic E-state index is -0.997. The number of phenols is 1. The fourth-order valence-electron chi connectivity index (χ4n) is 4.85. The molecular formula is C34H51N3O5. The normalized spacial score (nSPS) is 12.9. The van der Waals surface area contributed by atoms with Crippen molar-refractivity contribution in [1.82, 2.24) is 15.5 Å². The first kappa shape index (κ1) is 34.7. The molecule has 2 aromatic carbocycles. The lowest BCUT2D eigenvalue weighted by Crippen LogP contribution is -2.54. The summed E-state index contributed by atoms with van der Waals surface area (Å²) in [7, 11) is 0. The van der Waals surface area contributed by atoms with Crippen LogP contribution in [0.25, 0.3) is 0 Å². The van der Waals surface area contributed by atoms with Crippen molar-refractivity contribution in [1.29, 1.82) is 0 Å². The molecule has 0 saturated heterocycles. The Bertz CT molecular complexity index is 1140. The third-order valence-electron chi connectivity index (χ3n) is 6.87. The van der Waals surface area contributed by atoms with Crippen molar-refractivity contribution < 1.29 is 24.2 Å². The smallest absolute Gasteiger partial charge is 0.408 e. The Kier molecular flexibility index (Phi) is 13.8. The summed E-state index contributed by atoms with van der Waals surface area (Å²) in [5.74, 6) is -0.523. The molecule has 0 heterocycles. The lowest BCUT2D eigenvalue weighted by molar-refractivity contribution is -0.142. The van der Waals surface area contributed by atoms with Gasteiger partial charge in [-0.05, 0) is 76.8 Å². The van der Waals surface area contributed by atoms with Gasteiger partial charge in [0.15, 0.2) is 0 Å². The molecule has 0 radical (unpaired) electrons. The maximum Gasteiger partial charge on any atom is 0.408 e. The van der Waals surface area contributed by atoms with Crippen LogP contribution in [0.15, 0.2) is 48.5 Å². The van der Waals surface area contributed by atoms with Crippen LogP contribution >= 0.6 is 0 Å². The molecule has 0 bridgehead atoms. The number of hydrogen-bond donors (Lipinski definition) is 3. The molecule has 8 heteroatoms. The number of amides is 3. The zero-order valence-corrected chi connectivity index (χ0v) is 26.5. The van der Waals surface area contributed by atoms with Crippen molar-refractivity contribution in [3.63, 3.8) is 0 Å². The minimum absolute atomic E-state index is 0.108.